The SMILES string of the molecule is C#CCOCC1CCCN(C(=O)c2cccc(OC)c2OC)C1. The first kappa shape index (κ1) is 17.2. The lowest BCUT2D eigenvalue weighted by Gasteiger charge is -2.33. The lowest BCUT2D eigenvalue weighted by molar-refractivity contribution is 0.0531. The van der Waals surface area contributed by atoms with Gasteiger partial charge in [0.15, 0.2) is 11.5 Å². The molecular formula is C18H23NO4. The molecule has 5 heteroatoms. The standard InChI is InChI=1S/C18H23NO4/c1-4-11-23-13-14-7-6-10-19(12-14)18(20)15-8-5-9-16(21-2)17(15)22-3/h1,5,8-9,14H,6-7,10-13H2,2-3H3. The number of amides is 1. The number of terminal acetylenes is 1. The van der Waals surface area contributed by atoms with Crippen LogP contribution in [-0.4, -0.2) is 51.3 Å². The quantitative estimate of drug-likeness (QED) is 0.596. The number of carbonyl (C=O) groups excluding carboxylic acids is 1. The first-order valence-corrected chi connectivity index (χ1v) is 7.72. The maximum Gasteiger partial charge on any atom is 0.257 e. The topological polar surface area (TPSA) is 48.0 Å². The van der Waals surface area contributed by atoms with Crippen molar-refractivity contribution in [2.45, 2.75) is 12.8 Å². The van der Waals surface area contributed by atoms with Crippen LogP contribution in [0.5, 0.6) is 11.5 Å². The fourth-order valence-electron chi connectivity index (χ4n) is 2.90. The first-order valence-electron chi connectivity index (χ1n) is 7.72. The van der Waals surface area contributed by atoms with Crippen molar-refractivity contribution >= 4 is 5.91 Å². The normalized spacial score (nSPS) is 17.4. The summed E-state index contributed by atoms with van der Waals surface area (Å²) in [6, 6.07) is 5.34. The summed E-state index contributed by atoms with van der Waals surface area (Å²) >= 11 is 0. The Hall–Kier alpha value is -2.19. The van der Waals surface area contributed by atoms with Crippen LogP contribution in [0.25, 0.3) is 0 Å². The number of hydrogen-bond donors (Lipinski definition) is 0. The maximum atomic E-state index is 12.8. The van der Waals surface area contributed by atoms with Crippen LogP contribution in [0.4, 0.5) is 0 Å². The number of benzene rings is 1. The zero-order valence-electron chi connectivity index (χ0n) is 13.7. The van der Waals surface area contributed by atoms with Crippen molar-refractivity contribution in [3.8, 4) is 23.8 Å². The summed E-state index contributed by atoms with van der Waals surface area (Å²) in [5.41, 5.74) is 0.525. The molecule has 0 N–H and O–H groups in total. The number of likely N-dealkylation sites (tertiary alicyclic amines) is 1. The monoisotopic (exact) mass is 317 g/mol. The second-order valence-corrected chi connectivity index (χ2v) is 5.52. The molecule has 0 aliphatic carbocycles. The van der Waals surface area contributed by atoms with E-state index in [1.807, 2.05) is 4.90 Å². The number of rotatable bonds is 6. The summed E-state index contributed by atoms with van der Waals surface area (Å²) in [7, 11) is 3.10. The van der Waals surface area contributed by atoms with E-state index in [9.17, 15) is 4.79 Å². The van der Waals surface area contributed by atoms with Gasteiger partial charge in [0, 0.05) is 19.0 Å². The molecule has 1 unspecified atom stereocenters. The average Bonchev–Trinajstić information content (AvgIpc) is 2.60. The Morgan fingerprint density at radius 3 is 2.91 bits per heavy atom. The number of ether oxygens (including phenoxy) is 3. The fourth-order valence-corrected chi connectivity index (χ4v) is 2.90. The number of piperidine rings is 1. The van der Waals surface area contributed by atoms with Crippen molar-refractivity contribution in [2.75, 3.05) is 40.5 Å². The van der Waals surface area contributed by atoms with Gasteiger partial charge in [0.1, 0.15) is 6.61 Å². The van der Waals surface area contributed by atoms with Gasteiger partial charge in [0.25, 0.3) is 5.91 Å². The average molecular weight is 317 g/mol. The van der Waals surface area contributed by atoms with E-state index < -0.39 is 0 Å². The zero-order valence-corrected chi connectivity index (χ0v) is 13.7. The van der Waals surface area contributed by atoms with E-state index in [-0.39, 0.29) is 5.91 Å². The molecule has 0 spiro atoms. The second-order valence-electron chi connectivity index (χ2n) is 5.52. The molecule has 1 heterocycles. The van der Waals surface area contributed by atoms with Crippen LogP contribution >= 0.6 is 0 Å². The van der Waals surface area contributed by atoms with Gasteiger partial charge >= 0.3 is 0 Å². The molecule has 2 rings (SSSR count). The Morgan fingerprint density at radius 2 is 2.22 bits per heavy atom. The van der Waals surface area contributed by atoms with Gasteiger partial charge in [0.05, 0.1) is 26.4 Å². The molecule has 5 nitrogen and oxygen atoms in total. The molecule has 23 heavy (non-hydrogen) atoms. The van der Waals surface area contributed by atoms with Crippen molar-refractivity contribution in [1.29, 1.82) is 0 Å². The molecule has 1 aliphatic heterocycles. The largest absolute Gasteiger partial charge is 0.493 e. The Labute approximate surface area is 137 Å². The molecule has 124 valence electrons. The second kappa shape index (κ2) is 8.44. The summed E-state index contributed by atoms with van der Waals surface area (Å²) in [6.07, 6.45) is 7.20. The van der Waals surface area contributed by atoms with E-state index in [4.69, 9.17) is 20.6 Å². The fraction of sp³-hybridized carbons (Fsp3) is 0.500. The third-order valence-electron chi connectivity index (χ3n) is 3.98. The van der Waals surface area contributed by atoms with Crippen LogP contribution in [0.2, 0.25) is 0 Å². The van der Waals surface area contributed by atoms with Gasteiger partial charge < -0.3 is 19.1 Å². The molecule has 1 amide bonds. The van der Waals surface area contributed by atoms with Crippen LogP contribution in [0, 0.1) is 18.3 Å². The van der Waals surface area contributed by atoms with Crippen LogP contribution in [0.1, 0.15) is 23.2 Å². The van der Waals surface area contributed by atoms with E-state index in [0.29, 0.717) is 42.7 Å². The molecule has 1 atom stereocenters. The Morgan fingerprint density at radius 1 is 1.39 bits per heavy atom. The van der Waals surface area contributed by atoms with E-state index in [2.05, 4.69) is 5.92 Å². The molecule has 1 aliphatic rings. The number of para-hydroxylation sites is 1. The summed E-state index contributed by atoms with van der Waals surface area (Å²) in [5, 5.41) is 0. The minimum absolute atomic E-state index is 0.0394. The van der Waals surface area contributed by atoms with Gasteiger partial charge in [-0.2, -0.15) is 0 Å². The van der Waals surface area contributed by atoms with E-state index in [1.165, 1.54) is 0 Å². The minimum atomic E-state index is -0.0394. The Bertz CT molecular complexity index is 579. The zero-order chi connectivity index (χ0) is 16.7. The van der Waals surface area contributed by atoms with Crippen LogP contribution < -0.4 is 9.47 Å². The highest BCUT2D eigenvalue weighted by atomic mass is 16.5. The molecule has 0 bridgehead atoms. The summed E-state index contributed by atoms with van der Waals surface area (Å²) in [4.78, 5) is 14.7. The minimum Gasteiger partial charge on any atom is -0.493 e. The van der Waals surface area contributed by atoms with Crippen LogP contribution in [-0.2, 0) is 4.74 Å². The van der Waals surface area contributed by atoms with Crippen LogP contribution in [0.3, 0.4) is 0 Å². The summed E-state index contributed by atoms with van der Waals surface area (Å²) < 4.78 is 16.1. The Balaban J connectivity index is 2.09. The van der Waals surface area contributed by atoms with Crippen molar-refractivity contribution in [3.63, 3.8) is 0 Å². The molecule has 0 radical (unpaired) electrons. The smallest absolute Gasteiger partial charge is 0.257 e. The molecular weight excluding hydrogens is 294 g/mol. The molecule has 1 aromatic rings. The first-order chi connectivity index (χ1) is 11.2. The highest BCUT2D eigenvalue weighted by Crippen LogP contribution is 2.32. The van der Waals surface area contributed by atoms with Crippen molar-refractivity contribution < 1.29 is 19.0 Å². The van der Waals surface area contributed by atoms with Crippen molar-refractivity contribution in [2.24, 2.45) is 5.92 Å². The summed E-state index contributed by atoms with van der Waals surface area (Å²) in [6.45, 7) is 2.31. The van der Waals surface area contributed by atoms with E-state index >= 15 is 0 Å². The number of carbonyl (C=O) groups is 1. The third-order valence-corrected chi connectivity index (χ3v) is 3.98. The van der Waals surface area contributed by atoms with E-state index in [1.54, 1.807) is 32.4 Å². The highest BCUT2D eigenvalue weighted by Gasteiger charge is 2.27. The summed E-state index contributed by atoms with van der Waals surface area (Å²) in [5.74, 6) is 3.78. The number of hydrogen-bond acceptors (Lipinski definition) is 4. The molecule has 1 aromatic carbocycles. The predicted octanol–water partition coefficient (Wildman–Crippen LogP) is 2.21. The van der Waals surface area contributed by atoms with Gasteiger partial charge in [-0.25, -0.2) is 0 Å². The number of methoxy groups -OCH3 is 2. The van der Waals surface area contributed by atoms with Crippen LogP contribution in [0.15, 0.2) is 18.2 Å². The third kappa shape index (κ3) is 4.17. The van der Waals surface area contributed by atoms with Gasteiger partial charge in [0.2, 0.25) is 0 Å². The molecule has 0 aromatic heterocycles. The maximum absolute atomic E-state index is 12.8. The van der Waals surface area contributed by atoms with Crippen molar-refractivity contribution in [1.82, 2.24) is 4.90 Å². The van der Waals surface area contributed by atoms with E-state index in [0.717, 1.165) is 19.4 Å². The predicted molar refractivity (Wildman–Crippen MR) is 87.8 cm³/mol. The van der Waals surface area contributed by atoms with Gasteiger partial charge in [-0.3, -0.25) is 4.79 Å². The lowest BCUT2D eigenvalue weighted by atomic mass is 9.98. The van der Waals surface area contributed by atoms with Gasteiger partial charge in [-0.05, 0) is 25.0 Å². The van der Waals surface area contributed by atoms with Crippen molar-refractivity contribution in [3.05, 3.63) is 23.8 Å². The number of nitrogens with zero attached hydrogens (tertiary/aromatic N) is 1. The molecule has 0 saturated carbocycles. The van der Waals surface area contributed by atoms with Gasteiger partial charge in [-0.15, -0.1) is 6.42 Å². The molecule has 1 fully saturated rings. The Kier molecular flexibility index (Phi) is 6.30. The molecule has 1 saturated heterocycles. The van der Waals surface area contributed by atoms with Gasteiger partial charge in [-0.1, -0.05) is 12.0 Å². The highest BCUT2D eigenvalue weighted by molar-refractivity contribution is 5.97. The lowest BCUT2D eigenvalue weighted by Crippen LogP contribution is -2.41.